The molecule has 0 unspecified atom stereocenters. The lowest BCUT2D eigenvalue weighted by molar-refractivity contribution is -0.113. The summed E-state index contributed by atoms with van der Waals surface area (Å²) in [7, 11) is 1.63. The first-order chi connectivity index (χ1) is 12.7. The normalized spacial score (nSPS) is 19.1. The van der Waals surface area contributed by atoms with Crippen LogP contribution in [0.5, 0.6) is 5.75 Å². The number of nitrogens with zero attached hydrogens (tertiary/aromatic N) is 2. The molecule has 0 atom stereocenters. The van der Waals surface area contributed by atoms with E-state index in [4.69, 9.17) is 13.9 Å². The molecule has 2 aromatic rings. The van der Waals surface area contributed by atoms with E-state index in [2.05, 4.69) is 9.89 Å². The molecule has 6 nitrogen and oxygen atoms in total. The van der Waals surface area contributed by atoms with Gasteiger partial charge in [-0.2, -0.15) is 4.99 Å². The minimum absolute atomic E-state index is 0.223. The maximum Gasteiger partial charge on any atom is 0.286 e. The van der Waals surface area contributed by atoms with E-state index in [1.54, 1.807) is 13.2 Å². The van der Waals surface area contributed by atoms with E-state index in [1.807, 2.05) is 36.4 Å². The number of amidine groups is 1. The summed E-state index contributed by atoms with van der Waals surface area (Å²) in [5.74, 6) is 1.94. The quantitative estimate of drug-likeness (QED) is 0.773. The van der Waals surface area contributed by atoms with E-state index >= 15 is 0 Å². The zero-order valence-corrected chi connectivity index (χ0v) is 15.1. The van der Waals surface area contributed by atoms with E-state index in [1.165, 1.54) is 11.8 Å². The summed E-state index contributed by atoms with van der Waals surface area (Å²) in [4.78, 5) is 19.0. The number of furan rings is 1. The number of carbonyl (C=O) groups excluding carboxylic acids is 1. The van der Waals surface area contributed by atoms with Gasteiger partial charge in [0, 0.05) is 24.7 Å². The van der Waals surface area contributed by atoms with Gasteiger partial charge in [-0.1, -0.05) is 0 Å². The van der Waals surface area contributed by atoms with Crippen molar-refractivity contribution in [1.82, 2.24) is 4.90 Å². The molecule has 2 aliphatic heterocycles. The molecule has 0 radical (unpaired) electrons. The van der Waals surface area contributed by atoms with Gasteiger partial charge in [0.05, 0.1) is 25.2 Å². The van der Waals surface area contributed by atoms with Crippen molar-refractivity contribution >= 4 is 28.9 Å². The van der Waals surface area contributed by atoms with Crippen LogP contribution in [0, 0.1) is 0 Å². The second kappa shape index (κ2) is 7.39. The number of aliphatic imine (C=N–C) groups is 1. The first-order valence-electron chi connectivity index (χ1n) is 8.32. The molecule has 1 fully saturated rings. The number of thioether (sulfide) groups is 1. The molecule has 0 saturated carbocycles. The predicted molar refractivity (Wildman–Crippen MR) is 101 cm³/mol. The Morgan fingerprint density at radius 1 is 1.15 bits per heavy atom. The number of benzene rings is 1. The van der Waals surface area contributed by atoms with Gasteiger partial charge in [-0.3, -0.25) is 4.79 Å². The molecule has 7 heteroatoms. The predicted octanol–water partition coefficient (Wildman–Crippen LogP) is 3.26. The number of amides is 1. The Labute approximate surface area is 155 Å². The molecular formula is C19H18N2O4S. The van der Waals surface area contributed by atoms with Crippen LogP contribution >= 0.6 is 11.8 Å². The van der Waals surface area contributed by atoms with Crippen LogP contribution in [0.4, 0.5) is 0 Å². The van der Waals surface area contributed by atoms with Gasteiger partial charge in [0.15, 0.2) is 5.17 Å². The third-order valence-corrected chi connectivity index (χ3v) is 5.21. The summed E-state index contributed by atoms with van der Waals surface area (Å²) in [6.07, 6.45) is 1.75. The number of carbonyl (C=O) groups is 1. The second-order valence-corrected chi connectivity index (χ2v) is 6.85. The minimum Gasteiger partial charge on any atom is -0.497 e. The number of morpholine rings is 1. The number of ether oxygens (including phenoxy) is 2. The average Bonchev–Trinajstić information content (AvgIpc) is 3.30. The van der Waals surface area contributed by atoms with Gasteiger partial charge in [-0.15, -0.1) is 0 Å². The molecule has 3 heterocycles. The van der Waals surface area contributed by atoms with E-state index in [9.17, 15) is 4.79 Å². The monoisotopic (exact) mass is 370 g/mol. The van der Waals surface area contributed by atoms with Crippen molar-refractivity contribution in [2.24, 2.45) is 4.99 Å². The fourth-order valence-corrected chi connectivity index (χ4v) is 3.70. The summed E-state index contributed by atoms with van der Waals surface area (Å²) in [6, 6.07) is 11.4. The second-order valence-electron chi connectivity index (χ2n) is 5.84. The number of rotatable bonds is 3. The fraction of sp³-hybridized carbons (Fsp3) is 0.263. The number of hydrogen-bond acceptors (Lipinski definition) is 6. The summed E-state index contributed by atoms with van der Waals surface area (Å²) in [6.45, 7) is 2.84. The van der Waals surface area contributed by atoms with E-state index in [0.717, 1.165) is 35.3 Å². The molecule has 26 heavy (non-hydrogen) atoms. The topological polar surface area (TPSA) is 64.3 Å². The highest BCUT2D eigenvalue weighted by Crippen LogP contribution is 2.32. The largest absolute Gasteiger partial charge is 0.497 e. The molecule has 2 aliphatic rings. The SMILES string of the molecule is COc1ccc(-c2ccc(C=C3SC(N4CCOCC4)=NC3=O)o2)cc1. The Bertz CT molecular complexity index is 864. The van der Waals surface area contributed by atoms with Gasteiger partial charge >= 0.3 is 0 Å². The van der Waals surface area contributed by atoms with Crippen LogP contribution in [0.2, 0.25) is 0 Å². The molecule has 0 spiro atoms. The average molecular weight is 370 g/mol. The first kappa shape index (κ1) is 16.9. The van der Waals surface area contributed by atoms with Crippen molar-refractivity contribution in [1.29, 1.82) is 0 Å². The third-order valence-electron chi connectivity index (χ3n) is 4.17. The van der Waals surface area contributed by atoms with E-state index in [0.29, 0.717) is 23.9 Å². The maximum atomic E-state index is 12.2. The van der Waals surface area contributed by atoms with E-state index in [-0.39, 0.29) is 5.91 Å². The van der Waals surface area contributed by atoms with Crippen LogP contribution < -0.4 is 4.74 Å². The van der Waals surface area contributed by atoms with Gasteiger partial charge in [0.25, 0.3) is 5.91 Å². The molecule has 134 valence electrons. The molecule has 1 saturated heterocycles. The summed E-state index contributed by atoms with van der Waals surface area (Å²) in [5.41, 5.74) is 0.950. The molecular weight excluding hydrogens is 352 g/mol. The van der Waals surface area contributed by atoms with Crippen LogP contribution in [0.1, 0.15) is 5.76 Å². The van der Waals surface area contributed by atoms with Gasteiger partial charge in [0.2, 0.25) is 0 Å². The van der Waals surface area contributed by atoms with Crippen molar-refractivity contribution in [3.8, 4) is 17.1 Å². The van der Waals surface area contributed by atoms with Gasteiger partial charge in [0.1, 0.15) is 17.3 Å². The lowest BCUT2D eigenvalue weighted by Crippen LogP contribution is -2.38. The number of methoxy groups -OCH3 is 1. The zero-order chi connectivity index (χ0) is 17.9. The molecule has 1 aromatic heterocycles. The Kier molecular flexibility index (Phi) is 4.81. The van der Waals surface area contributed by atoms with Crippen LogP contribution in [-0.4, -0.2) is 49.4 Å². The molecule has 1 amide bonds. The zero-order valence-electron chi connectivity index (χ0n) is 14.3. The van der Waals surface area contributed by atoms with Crippen molar-refractivity contribution in [2.75, 3.05) is 33.4 Å². The summed E-state index contributed by atoms with van der Waals surface area (Å²) >= 11 is 1.39. The molecule has 0 N–H and O–H groups in total. The highest BCUT2D eigenvalue weighted by Gasteiger charge is 2.27. The Hall–Kier alpha value is -2.51. The minimum atomic E-state index is -0.223. The Balaban J connectivity index is 1.48. The lowest BCUT2D eigenvalue weighted by Gasteiger charge is -2.27. The van der Waals surface area contributed by atoms with Crippen molar-refractivity contribution in [3.63, 3.8) is 0 Å². The molecule has 0 bridgehead atoms. The first-order valence-corrected chi connectivity index (χ1v) is 9.14. The van der Waals surface area contributed by atoms with Crippen LogP contribution in [-0.2, 0) is 9.53 Å². The molecule has 0 aliphatic carbocycles. The van der Waals surface area contributed by atoms with Crippen LogP contribution in [0.3, 0.4) is 0 Å². The molecule has 1 aromatic carbocycles. The lowest BCUT2D eigenvalue weighted by atomic mass is 10.2. The van der Waals surface area contributed by atoms with Crippen molar-refractivity contribution in [3.05, 3.63) is 47.1 Å². The Morgan fingerprint density at radius 2 is 1.92 bits per heavy atom. The van der Waals surface area contributed by atoms with Gasteiger partial charge in [-0.25, -0.2) is 0 Å². The fourth-order valence-electron chi connectivity index (χ4n) is 2.76. The van der Waals surface area contributed by atoms with Crippen molar-refractivity contribution < 1.29 is 18.7 Å². The Morgan fingerprint density at radius 3 is 2.65 bits per heavy atom. The molecule has 4 rings (SSSR count). The van der Waals surface area contributed by atoms with Gasteiger partial charge < -0.3 is 18.8 Å². The van der Waals surface area contributed by atoms with Crippen molar-refractivity contribution in [2.45, 2.75) is 0 Å². The highest BCUT2D eigenvalue weighted by molar-refractivity contribution is 8.18. The summed E-state index contributed by atoms with van der Waals surface area (Å²) in [5, 5.41) is 0.742. The third kappa shape index (κ3) is 3.54. The van der Waals surface area contributed by atoms with E-state index < -0.39 is 0 Å². The van der Waals surface area contributed by atoms with Crippen LogP contribution in [0.25, 0.3) is 17.4 Å². The standard InChI is InChI=1S/C19H18N2O4S/c1-23-14-4-2-13(3-5-14)16-7-6-15(25-16)12-17-18(22)20-19(26-17)21-8-10-24-11-9-21/h2-7,12H,8-11H2,1H3. The highest BCUT2D eigenvalue weighted by atomic mass is 32.2. The number of hydrogen-bond donors (Lipinski definition) is 0. The maximum absolute atomic E-state index is 12.2. The van der Waals surface area contributed by atoms with Gasteiger partial charge in [-0.05, 0) is 48.2 Å². The smallest absolute Gasteiger partial charge is 0.286 e. The summed E-state index contributed by atoms with van der Waals surface area (Å²) < 4.78 is 16.4. The van der Waals surface area contributed by atoms with Crippen LogP contribution in [0.15, 0.2) is 50.7 Å².